The topological polar surface area (TPSA) is 51.2 Å². The molecule has 2 aromatic rings. The lowest BCUT2D eigenvalue weighted by Crippen LogP contribution is -2.16. The molecule has 1 saturated heterocycles. The third kappa shape index (κ3) is 4.26. The fourth-order valence-electron chi connectivity index (χ4n) is 2.23. The minimum absolute atomic E-state index is 0.184. The van der Waals surface area contributed by atoms with E-state index in [2.05, 4.69) is 26.2 Å². The number of carbonyl (C=O) groups excluding carboxylic acids is 1. The van der Waals surface area contributed by atoms with Crippen LogP contribution in [0.15, 0.2) is 41.0 Å². The Labute approximate surface area is 148 Å². The van der Waals surface area contributed by atoms with Crippen molar-refractivity contribution >= 4 is 39.3 Å². The first kappa shape index (κ1) is 16.3. The lowest BCUT2D eigenvalue weighted by atomic mass is 10.2. The van der Waals surface area contributed by atoms with Gasteiger partial charge in [-0.3, -0.25) is 4.79 Å². The lowest BCUT2D eigenvalue weighted by molar-refractivity contribution is 0.102. The molecule has 3 rings (SSSR count). The molecule has 0 bridgehead atoms. The van der Waals surface area contributed by atoms with Crippen LogP contribution in [0.1, 0.15) is 22.3 Å². The molecule has 1 fully saturated rings. The van der Waals surface area contributed by atoms with Gasteiger partial charge in [0.1, 0.15) is 6.10 Å². The molecule has 0 spiro atoms. The minimum atomic E-state index is -0.184. The van der Waals surface area contributed by atoms with Crippen molar-refractivity contribution in [2.75, 3.05) is 16.8 Å². The SMILES string of the molecule is Cc1ccc(NC(=O)c2ccc(OC3CCSC3)nc2)cc1Br. The molecule has 2 heterocycles. The first-order chi connectivity index (χ1) is 11.1. The largest absolute Gasteiger partial charge is 0.473 e. The van der Waals surface area contributed by atoms with Gasteiger partial charge < -0.3 is 10.1 Å². The van der Waals surface area contributed by atoms with Gasteiger partial charge in [-0.15, -0.1) is 0 Å². The predicted molar refractivity (Wildman–Crippen MR) is 97.4 cm³/mol. The number of ether oxygens (including phenoxy) is 1. The molecule has 1 aliphatic rings. The van der Waals surface area contributed by atoms with E-state index >= 15 is 0 Å². The molecule has 120 valence electrons. The van der Waals surface area contributed by atoms with E-state index in [1.165, 1.54) is 0 Å². The molecule has 1 N–H and O–H groups in total. The van der Waals surface area contributed by atoms with Crippen LogP contribution >= 0.6 is 27.7 Å². The standard InChI is InChI=1S/C17H17BrN2O2S/c1-11-2-4-13(8-15(11)18)20-17(21)12-3-5-16(19-9-12)22-14-6-7-23-10-14/h2-5,8-9,14H,6-7,10H2,1H3,(H,20,21). The molecule has 1 aromatic heterocycles. The molecule has 1 amide bonds. The van der Waals surface area contributed by atoms with Crippen LogP contribution in [0.4, 0.5) is 5.69 Å². The first-order valence-electron chi connectivity index (χ1n) is 7.40. The quantitative estimate of drug-likeness (QED) is 0.842. The van der Waals surface area contributed by atoms with E-state index in [9.17, 15) is 4.79 Å². The average Bonchev–Trinajstić information content (AvgIpc) is 3.04. The molecule has 6 heteroatoms. The highest BCUT2D eigenvalue weighted by atomic mass is 79.9. The molecule has 4 nitrogen and oxygen atoms in total. The minimum Gasteiger partial charge on any atom is -0.473 e. The van der Waals surface area contributed by atoms with Crippen molar-refractivity contribution in [3.8, 4) is 5.88 Å². The van der Waals surface area contributed by atoms with Gasteiger partial charge in [0.25, 0.3) is 5.91 Å². The highest BCUT2D eigenvalue weighted by molar-refractivity contribution is 9.10. The summed E-state index contributed by atoms with van der Waals surface area (Å²) in [4.78, 5) is 16.5. The summed E-state index contributed by atoms with van der Waals surface area (Å²) < 4.78 is 6.75. The number of halogens is 1. The summed E-state index contributed by atoms with van der Waals surface area (Å²) in [5, 5.41) is 2.87. The Morgan fingerprint density at radius 2 is 2.26 bits per heavy atom. The van der Waals surface area contributed by atoms with Crippen molar-refractivity contribution in [1.82, 2.24) is 4.98 Å². The maximum atomic E-state index is 12.3. The molecular formula is C17H17BrN2O2S. The highest BCUT2D eigenvalue weighted by Gasteiger charge is 2.17. The number of thioether (sulfide) groups is 1. The van der Waals surface area contributed by atoms with Crippen molar-refractivity contribution in [1.29, 1.82) is 0 Å². The van der Waals surface area contributed by atoms with Crippen LogP contribution in [0.5, 0.6) is 5.88 Å². The zero-order chi connectivity index (χ0) is 16.2. The Hall–Kier alpha value is -1.53. The molecule has 0 aliphatic carbocycles. The molecule has 1 aliphatic heterocycles. The fourth-order valence-corrected chi connectivity index (χ4v) is 3.71. The van der Waals surface area contributed by atoms with Crippen LogP contribution in [0.2, 0.25) is 0 Å². The summed E-state index contributed by atoms with van der Waals surface area (Å²) in [6.45, 7) is 2.00. The summed E-state index contributed by atoms with van der Waals surface area (Å²) in [7, 11) is 0. The normalized spacial score (nSPS) is 17.0. The van der Waals surface area contributed by atoms with Crippen molar-refractivity contribution in [2.24, 2.45) is 0 Å². The van der Waals surface area contributed by atoms with E-state index in [1.54, 1.807) is 18.3 Å². The number of hydrogen-bond donors (Lipinski definition) is 1. The molecule has 1 atom stereocenters. The van der Waals surface area contributed by atoms with E-state index in [0.717, 1.165) is 33.7 Å². The van der Waals surface area contributed by atoms with Crippen LogP contribution in [-0.4, -0.2) is 28.5 Å². The van der Waals surface area contributed by atoms with Crippen molar-refractivity contribution in [3.63, 3.8) is 0 Å². The van der Waals surface area contributed by atoms with Crippen LogP contribution in [0, 0.1) is 6.92 Å². The molecule has 0 saturated carbocycles. The third-order valence-electron chi connectivity index (χ3n) is 3.60. The number of anilines is 1. The van der Waals surface area contributed by atoms with E-state index in [4.69, 9.17) is 4.74 Å². The number of rotatable bonds is 4. The summed E-state index contributed by atoms with van der Waals surface area (Å²) in [6.07, 6.45) is 2.84. The second-order valence-corrected chi connectivity index (χ2v) is 7.41. The fraction of sp³-hybridized carbons (Fsp3) is 0.294. The Kier molecular flexibility index (Phi) is 5.23. The van der Waals surface area contributed by atoms with Gasteiger partial charge >= 0.3 is 0 Å². The molecule has 0 radical (unpaired) electrons. The first-order valence-corrected chi connectivity index (χ1v) is 9.34. The van der Waals surface area contributed by atoms with E-state index < -0.39 is 0 Å². The van der Waals surface area contributed by atoms with Crippen molar-refractivity contribution in [2.45, 2.75) is 19.4 Å². The number of benzene rings is 1. The second-order valence-electron chi connectivity index (χ2n) is 5.41. The van der Waals surface area contributed by atoms with Crippen molar-refractivity contribution < 1.29 is 9.53 Å². The van der Waals surface area contributed by atoms with Gasteiger partial charge in [0, 0.05) is 28.2 Å². The molecule has 1 aromatic carbocycles. The number of aryl methyl sites for hydroxylation is 1. The summed E-state index contributed by atoms with van der Waals surface area (Å²) in [5.41, 5.74) is 2.38. The Morgan fingerprint density at radius 3 is 2.91 bits per heavy atom. The van der Waals surface area contributed by atoms with Crippen LogP contribution in [0.25, 0.3) is 0 Å². The predicted octanol–water partition coefficient (Wildman–Crippen LogP) is 4.29. The smallest absolute Gasteiger partial charge is 0.257 e. The number of nitrogens with zero attached hydrogens (tertiary/aromatic N) is 1. The summed E-state index contributed by atoms with van der Waals surface area (Å²) in [5.74, 6) is 2.53. The van der Waals surface area contributed by atoms with Crippen molar-refractivity contribution in [3.05, 3.63) is 52.1 Å². The third-order valence-corrected chi connectivity index (χ3v) is 5.59. The van der Waals surface area contributed by atoms with Gasteiger partial charge in [-0.2, -0.15) is 11.8 Å². The second kappa shape index (κ2) is 7.36. The molecule has 1 unspecified atom stereocenters. The lowest BCUT2D eigenvalue weighted by Gasteiger charge is -2.11. The van der Waals surface area contributed by atoms with E-state index in [0.29, 0.717) is 11.4 Å². The summed E-state index contributed by atoms with van der Waals surface area (Å²) in [6, 6.07) is 9.21. The van der Waals surface area contributed by atoms with Crippen LogP contribution in [0.3, 0.4) is 0 Å². The number of amides is 1. The summed E-state index contributed by atoms with van der Waals surface area (Å²) >= 11 is 5.35. The number of hydrogen-bond acceptors (Lipinski definition) is 4. The maximum absolute atomic E-state index is 12.3. The Bertz CT molecular complexity index is 700. The molecule has 23 heavy (non-hydrogen) atoms. The number of carbonyl (C=O) groups is 1. The van der Waals surface area contributed by atoms with Gasteiger partial charge in [-0.1, -0.05) is 22.0 Å². The Morgan fingerprint density at radius 1 is 1.39 bits per heavy atom. The van der Waals surface area contributed by atoms with Gasteiger partial charge in [0.15, 0.2) is 0 Å². The average molecular weight is 393 g/mol. The van der Waals surface area contributed by atoms with Gasteiger partial charge in [0.2, 0.25) is 5.88 Å². The van der Waals surface area contributed by atoms with Gasteiger partial charge in [0.05, 0.1) is 5.56 Å². The van der Waals surface area contributed by atoms with E-state index in [-0.39, 0.29) is 12.0 Å². The zero-order valence-electron chi connectivity index (χ0n) is 12.7. The van der Waals surface area contributed by atoms with Gasteiger partial charge in [-0.25, -0.2) is 4.98 Å². The number of nitrogens with one attached hydrogen (secondary N) is 1. The zero-order valence-corrected chi connectivity index (χ0v) is 15.1. The molecular weight excluding hydrogens is 376 g/mol. The highest BCUT2D eigenvalue weighted by Crippen LogP contribution is 2.23. The van der Waals surface area contributed by atoms with Crippen LogP contribution < -0.4 is 10.1 Å². The van der Waals surface area contributed by atoms with Gasteiger partial charge in [-0.05, 0) is 42.9 Å². The maximum Gasteiger partial charge on any atom is 0.257 e. The van der Waals surface area contributed by atoms with Crippen LogP contribution in [-0.2, 0) is 0 Å². The Balaban J connectivity index is 1.63. The van der Waals surface area contributed by atoms with E-state index in [1.807, 2.05) is 36.9 Å². The number of pyridine rings is 1. The number of aromatic nitrogens is 1. The monoisotopic (exact) mass is 392 g/mol.